The van der Waals surface area contributed by atoms with Gasteiger partial charge in [-0.2, -0.15) is 5.26 Å². The van der Waals surface area contributed by atoms with E-state index in [4.69, 9.17) is 22.6 Å². The van der Waals surface area contributed by atoms with Crippen LogP contribution in [0.4, 0.5) is 5.69 Å². The fourth-order valence-corrected chi connectivity index (χ4v) is 1.32. The Morgan fingerprint density at radius 1 is 1.62 bits per heavy atom. The van der Waals surface area contributed by atoms with Crippen LogP contribution >= 0.6 is 11.6 Å². The first-order chi connectivity index (χ1) is 6.07. The number of hydrogen-bond donors (Lipinski definition) is 1. The molecule has 0 aromatic heterocycles. The summed E-state index contributed by atoms with van der Waals surface area (Å²) < 4.78 is 0. The van der Waals surface area contributed by atoms with Gasteiger partial charge in [-0.3, -0.25) is 4.79 Å². The van der Waals surface area contributed by atoms with E-state index in [0.29, 0.717) is 5.56 Å². The predicted molar refractivity (Wildman–Crippen MR) is 50.6 cm³/mol. The number of Topliss-reactive ketones (excluding diaryl/α,β-unsaturated/α-hetero) is 1. The fourth-order valence-electron chi connectivity index (χ4n) is 0.977. The normalized spacial score (nSPS) is 9.31. The zero-order chi connectivity index (χ0) is 10.0. The molecule has 3 nitrogen and oxygen atoms in total. The number of anilines is 1. The fraction of sp³-hybridized carbons (Fsp3) is 0.111. The van der Waals surface area contributed by atoms with Crippen molar-refractivity contribution < 1.29 is 4.79 Å². The Labute approximate surface area is 80.7 Å². The summed E-state index contributed by atoms with van der Waals surface area (Å²) in [6, 6.07) is 4.87. The first-order valence-electron chi connectivity index (χ1n) is 3.57. The van der Waals surface area contributed by atoms with Crippen LogP contribution in [-0.4, -0.2) is 5.78 Å². The average molecular weight is 195 g/mol. The molecule has 0 aliphatic carbocycles. The van der Waals surface area contributed by atoms with Gasteiger partial charge in [0.15, 0.2) is 5.78 Å². The third-order valence-corrected chi connectivity index (χ3v) is 2.06. The number of ketones is 1. The lowest BCUT2D eigenvalue weighted by atomic mass is 10.1. The van der Waals surface area contributed by atoms with Crippen molar-refractivity contribution in [1.29, 1.82) is 5.26 Å². The highest BCUT2D eigenvalue weighted by atomic mass is 35.5. The Morgan fingerprint density at radius 2 is 2.23 bits per heavy atom. The lowest BCUT2D eigenvalue weighted by molar-refractivity contribution is 0.101. The molecule has 0 atom stereocenters. The standard InChI is InChI=1S/C9H7ClN2O/c1-5(13)6-2-3-8(12)7(4-11)9(6)10/h2-3H,12H2,1H3. The van der Waals surface area contributed by atoms with E-state index >= 15 is 0 Å². The maximum absolute atomic E-state index is 11.0. The van der Waals surface area contributed by atoms with Crippen LogP contribution in [0.15, 0.2) is 12.1 Å². The molecular formula is C9H7ClN2O. The number of nitrogen functional groups attached to an aromatic ring is 1. The summed E-state index contributed by atoms with van der Waals surface area (Å²) in [5.41, 5.74) is 6.26. The van der Waals surface area contributed by atoms with Crippen LogP contribution in [0.5, 0.6) is 0 Å². The van der Waals surface area contributed by atoms with Gasteiger partial charge < -0.3 is 5.73 Å². The number of nitrogens with two attached hydrogens (primary N) is 1. The maximum atomic E-state index is 11.0. The van der Waals surface area contributed by atoms with Gasteiger partial charge >= 0.3 is 0 Å². The van der Waals surface area contributed by atoms with E-state index in [-0.39, 0.29) is 22.1 Å². The molecule has 2 N–H and O–H groups in total. The van der Waals surface area contributed by atoms with E-state index in [1.807, 2.05) is 6.07 Å². The smallest absolute Gasteiger partial charge is 0.161 e. The number of nitrogens with zero attached hydrogens (tertiary/aromatic N) is 1. The molecule has 66 valence electrons. The first kappa shape index (κ1) is 9.56. The molecule has 0 radical (unpaired) electrons. The van der Waals surface area contributed by atoms with Crippen molar-refractivity contribution in [2.45, 2.75) is 6.92 Å². The molecule has 1 aromatic carbocycles. The second-order valence-corrected chi connectivity index (χ2v) is 2.94. The van der Waals surface area contributed by atoms with Gasteiger partial charge in [-0.15, -0.1) is 0 Å². The van der Waals surface area contributed by atoms with Crippen LogP contribution in [0, 0.1) is 11.3 Å². The van der Waals surface area contributed by atoms with Gasteiger partial charge in [-0.05, 0) is 19.1 Å². The number of rotatable bonds is 1. The van der Waals surface area contributed by atoms with Gasteiger partial charge in [-0.1, -0.05) is 11.6 Å². The average Bonchev–Trinajstić information content (AvgIpc) is 2.04. The second-order valence-electron chi connectivity index (χ2n) is 2.56. The molecule has 4 heteroatoms. The molecule has 1 rings (SSSR count). The molecule has 0 heterocycles. The van der Waals surface area contributed by atoms with E-state index in [9.17, 15) is 4.79 Å². The zero-order valence-corrected chi connectivity index (χ0v) is 7.72. The SMILES string of the molecule is CC(=O)c1ccc(N)c(C#N)c1Cl. The van der Waals surface area contributed by atoms with Crippen LogP contribution in [0.1, 0.15) is 22.8 Å². The molecule has 0 aliphatic rings. The monoisotopic (exact) mass is 194 g/mol. The van der Waals surface area contributed by atoms with Gasteiger partial charge in [0.25, 0.3) is 0 Å². The summed E-state index contributed by atoms with van der Waals surface area (Å²) in [7, 11) is 0. The van der Waals surface area contributed by atoms with Crippen molar-refractivity contribution in [2.24, 2.45) is 0 Å². The van der Waals surface area contributed by atoms with E-state index in [1.165, 1.54) is 19.1 Å². The van der Waals surface area contributed by atoms with Crippen LogP contribution in [0.25, 0.3) is 0 Å². The Kier molecular flexibility index (Phi) is 2.54. The van der Waals surface area contributed by atoms with Gasteiger partial charge in [0, 0.05) is 5.56 Å². The third kappa shape index (κ3) is 1.63. The first-order valence-corrected chi connectivity index (χ1v) is 3.94. The Hall–Kier alpha value is -1.53. The van der Waals surface area contributed by atoms with Crippen molar-refractivity contribution >= 4 is 23.1 Å². The van der Waals surface area contributed by atoms with E-state index < -0.39 is 0 Å². The van der Waals surface area contributed by atoms with Crippen LogP contribution in [-0.2, 0) is 0 Å². The number of hydrogen-bond acceptors (Lipinski definition) is 3. The summed E-state index contributed by atoms with van der Waals surface area (Å²) in [5, 5.41) is 8.81. The molecule has 0 spiro atoms. The van der Waals surface area contributed by atoms with E-state index in [2.05, 4.69) is 0 Å². The molecule has 0 bridgehead atoms. The number of benzene rings is 1. The van der Waals surface area contributed by atoms with Gasteiger partial charge in [0.05, 0.1) is 16.3 Å². The highest BCUT2D eigenvalue weighted by molar-refractivity contribution is 6.35. The number of carbonyl (C=O) groups excluding carboxylic acids is 1. The third-order valence-electron chi connectivity index (χ3n) is 1.67. The molecular weight excluding hydrogens is 188 g/mol. The molecule has 0 saturated heterocycles. The quantitative estimate of drug-likeness (QED) is 0.549. The highest BCUT2D eigenvalue weighted by Gasteiger charge is 2.11. The summed E-state index contributed by atoms with van der Waals surface area (Å²) in [4.78, 5) is 11.0. The molecule has 0 saturated carbocycles. The number of halogens is 1. The van der Waals surface area contributed by atoms with E-state index in [0.717, 1.165) is 0 Å². The molecule has 0 fully saturated rings. The molecule has 0 unspecified atom stereocenters. The summed E-state index contributed by atoms with van der Waals surface area (Å²) in [5.74, 6) is -0.179. The number of nitriles is 1. The van der Waals surface area contributed by atoms with Crippen LogP contribution in [0.3, 0.4) is 0 Å². The Bertz CT molecular complexity index is 407. The van der Waals surface area contributed by atoms with Crippen molar-refractivity contribution in [3.05, 3.63) is 28.3 Å². The van der Waals surface area contributed by atoms with Crippen LogP contribution in [0.2, 0.25) is 5.02 Å². The Balaban J connectivity index is 3.47. The molecule has 1 aromatic rings. The molecule has 0 amide bonds. The van der Waals surface area contributed by atoms with Crippen LogP contribution < -0.4 is 5.73 Å². The molecule has 0 aliphatic heterocycles. The second kappa shape index (κ2) is 3.46. The van der Waals surface area contributed by atoms with Gasteiger partial charge in [0.2, 0.25) is 0 Å². The van der Waals surface area contributed by atoms with Gasteiger partial charge in [0.1, 0.15) is 6.07 Å². The summed E-state index contributed by atoms with van der Waals surface area (Å²) >= 11 is 5.79. The van der Waals surface area contributed by atoms with Crippen molar-refractivity contribution in [2.75, 3.05) is 5.73 Å². The van der Waals surface area contributed by atoms with E-state index in [1.54, 1.807) is 0 Å². The zero-order valence-electron chi connectivity index (χ0n) is 6.97. The number of carbonyl (C=O) groups is 1. The lowest BCUT2D eigenvalue weighted by Crippen LogP contribution is -1.98. The lowest BCUT2D eigenvalue weighted by Gasteiger charge is -2.03. The summed E-state index contributed by atoms with van der Waals surface area (Å²) in [6.07, 6.45) is 0. The largest absolute Gasteiger partial charge is 0.398 e. The maximum Gasteiger partial charge on any atom is 0.161 e. The van der Waals surface area contributed by atoms with Gasteiger partial charge in [-0.25, -0.2) is 0 Å². The van der Waals surface area contributed by atoms with Crippen molar-refractivity contribution in [1.82, 2.24) is 0 Å². The predicted octanol–water partition coefficient (Wildman–Crippen LogP) is 2.00. The minimum atomic E-state index is -0.179. The van der Waals surface area contributed by atoms with Crippen molar-refractivity contribution in [3.8, 4) is 6.07 Å². The topological polar surface area (TPSA) is 66.9 Å². The molecule has 13 heavy (non-hydrogen) atoms. The summed E-state index contributed by atoms with van der Waals surface area (Å²) in [6.45, 7) is 1.39. The minimum absolute atomic E-state index is 0.134. The minimum Gasteiger partial charge on any atom is -0.398 e. The van der Waals surface area contributed by atoms with Crippen molar-refractivity contribution in [3.63, 3.8) is 0 Å². The highest BCUT2D eigenvalue weighted by Crippen LogP contribution is 2.25. The Morgan fingerprint density at radius 3 is 2.69 bits per heavy atom.